The van der Waals surface area contributed by atoms with Crippen LogP contribution in [-0.2, 0) is 37.5 Å². The topological polar surface area (TPSA) is 17.1 Å². The SMILES string of the molecule is [H-].[H-].[Li+].[Na+].[Ni].[O]=[V]. The van der Waals surface area contributed by atoms with E-state index in [9.17, 15) is 0 Å². The van der Waals surface area contributed by atoms with E-state index in [-0.39, 0.29) is 67.8 Å². The fraction of sp³-hybridized carbons (Fsp3) is 0. The Balaban J connectivity index is -0.000000000500. The Hall–Kier alpha value is 2.48. The Morgan fingerprint density at radius 1 is 1.40 bits per heavy atom. The minimum absolute atomic E-state index is 0. The molecule has 0 aromatic carbocycles. The van der Waals surface area contributed by atoms with Crippen molar-refractivity contribution in [2.24, 2.45) is 0 Å². The van der Waals surface area contributed by atoms with Crippen LogP contribution < -0.4 is 48.4 Å². The van der Waals surface area contributed by atoms with Gasteiger partial charge in [-0.1, -0.05) is 0 Å². The molecule has 0 saturated carbocycles. The third kappa shape index (κ3) is 21.2. The summed E-state index contributed by atoms with van der Waals surface area (Å²) in [5.41, 5.74) is 0. The molecular formula is H2LiNaNiOV. The van der Waals surface area contributed by atoms with Crippen LogP contribution in [0.5, 0.6) is 0 Å². The summed E-state index contributed by atoms with van der Waals surface area (Å²) >= 11 is 1.06. The van der Waals surface area contributed by atoms with Gasteiger partial charge in [0, 0.05) is 16.5 Å². The zero-order valence-corrected chi connectivity index (χ0v) is 7.56. The minimum atomic E-state index is 0. The fourth-order valence-electron chi connectivity index (χ4n) is 0. The van der Waals surface area contributed by atoms with Gasteiger partial charge in [0.2, 0.25) is 0 Å². The van der Waals surface area contributed by atoms with Gasteiger partial charge in [0.05, 0.1) is 0 Å². The first-order valence-corrected chi connectivity index (χ1v) is 0.753. The van der Waals surface area contributed by atoms with E-state index in [0.29, 0.717) is 0 Å². The van der Waals surface area contributed by atoms with Gasteiger partial charge in [0.1, 0.15) is 0 Å². The summed E-state index contributed by atoms with van der Waals surface area (Å²) in [4.78, 5) is 0. The second-order valence-electron chi connectivity index (χ2n) is 0. The molecule has 0 spiro atoms. The number of hydrogen-bond acceptors (Lipinski definition) is 1. The summed E-state index contributed by atoms with van der Waals surface area (Å²) in [5, 5.41) is 0. The van der Waals surface area contributed by atoms with E-state index in [1.54, 1.807) is 0 Å². The van der Waals surface area contributed by atoms with Gasteiger partial charge in [-0.05, 0) is 0 Å². The molecule has 0 fully saturated rings. The van der Waals surface area contributed by atoms with Gasteiger partial charge < -0.3 is 2.85 Å². The van der Waals surface area contributed by atoms with Crippen molar-refractivity contribution >= 4 is 0 Å². The van der Waals surface area contributed by atoms with Crippen LogP contribution in [0.4, 0.5) is 0 Å². The van der Waals surface area contributed by atoms with Crippen molar-refractivity contribution in [2.75, 3.05) is 0 Å². The van der Waals surface area contributed by atoms with Crippen LogP contribution in [-0.4, -0.2) is 0 Å². The summed E-state index contributed by atoms with van der Waals surface area (Å²) in [7, 11) is 0. The molecule has 0 aromatic heterocycles. The molecule has 25 valence electrons. The normalized spacial score (nSPS) is 0.600. The maximum atomic E-state index is 8.19. The summed E-state index contributed by atoms with van der Waals surface area (Å²) < 4.78 is 8.19. The molecule has 0 unspecified atom stereocenters. The van der Waals surface area contributed by atoms with Gasteiger partial charge in [-0.3, -0.25) is 0 Å². The van der Waals surface area contributed by atoms with Crippen LogP contribution in [0.3, 0.4) is 0 Å². The van der Waals surface area contributed by atoms with Crippen LogP contribution in [0, 0.1) is 0 Å². The van der Waals surface area contributed by atoms with Crippen molar-refractivity contribution < 1.29 is 88.8 Å². The van der Waals surface area contributed by atoms with Gasteiger partial charge in [-0.15, -0.1) is 0 Å². The van der Waals surface area contributed by atoms with Gasteiger partial charge >= 0.3 is 69.5 Å². The Kier molecular flexibility index (Phi) is 164. The molecule has 0 rings (SSSR count). The van der Waals surface area contributed by atoms with Crippen LogP contribution in [0.15, 0.2) is 0 Å². The first-order valence-electron chi connectivity index (χ1n) is 0.183. The first kappa shape index (κ1) is 26.0. The van der Waals surface area contributed by atoms with E-state index in [1.807, 2.05) is 0 Å². The predicted molar refractivity (Wildman–Crippen MR) is 2.91 cm³/mol. The first-order chi connectivity index (χ1) is 1.00. The van der Waals surface area contributed by atoms with Crippen LogP contribution in [0.25, 0.3) is 0 Å². The third-order valence-corrected chi connectivity index (χ3v) is 0. The Morgan fingerprint density at radius 3 is 1.40 bits per heavy atom. The summed E-state index contributed by atoms with van der Waals surface area (Å²) in [6.45, 7) is 0. The summed E-state index contributed by atoms with van der Waals surface area (Å²) in [5.74, 6) is 0. The maximum absolute atomic E-state index is 8.19. The third-order valence-electron chi connectivity index (χ3n) is 0. The molecule has 0 aliphatic carbocycles. The van der Waals surface area contributed by atoms with Crippen LogP contribution >= 0.6 is 0 Å². The molecule has 0 atom stereocenters. The van der Waals surface area contributed by atoms with Crippen molar-refractivity contribution in [3.05, 3.63) is 0 Å². The summed E-state index contributed by atoms with van der Waals surface area (Å²) in [6.07, 6.45) is 0. The standard InChI is InChI=1S/Li.Na.Ni.O.V.2H/q2*+1;;;;2*-1. The van der Waals surface area contributed by atoms with Crippen LogP contribution in [0.2, 0.25) is 0 Å². The van der Waals surface area contributed by atoms with E-state index < -0.39 is 0 Å². The van der Waals surface area contributed by atoms with Gasteiger partial charge in [0.15, 0.2) is 0 Å². The molecule has 0 radical (unpaired) electrons. The number of hydrogen-bond donors (Lipinski definition) is 0. The van der Waals surface area contributed by atoms with Crippen molar-refractivity contribution in [3.8, 4) is 0 Å². The molecular weight excluding hydrogens is 156 g/mol. The molecule has 0 amide bonds. The monoisotopic (exact) mass is 157 g/mol. The predicted octanol–water partition coefficient (Wildman–Crippen LogP) is -5.89. The molecule has 0 aromatic rings. The molecule has 0 aliphatic heterocycles. The molecule has 5 heavy (non-hydrogen) atoms. The molecule has 1 nitrogen and oxygen atoms in total. The van der Waals surface area contributed by atoms with E-state index in [4.69, 9.17) is 3.67 Å². The molecule has 0 bridgehead atoms. The zero-order valence-electron chi connectivity index (χ0n) is 5.17. The van der Waals surface area contributed by atoms with E-state index >= 15 is 0 Å². The van der Waals surface area contributed by atoms with Crippen molar-refractivity contribution in [1.29, 1.82) is 0 Å². The van der Waals surface area contributed by atoms with Crippen LogP contribution in [0.1, 0.15) is 2.85 Å². The zero-order chi connectivity index (χ0) is 2.00. The van der Waals surface area contributed by atoms with Gasteiger partial charge in [-0.2, -0.15) is 0 Å². The average Bonchev–Trinajstić information content (AvgIpc) is 1.00. The molecule has 0 N–H and O–H groups in total. The Morgan fingerprint density at radius 2 is 1.40 bits per heavy atom. The number of rotatable bonds is 0. The molecule has 5 heteroatoms. The fourth-order valence-corrected chi connectivity index (χ4v) is 0. The summed E-state index contributed by atoms with van der Waals surface area (Å²) in [6, 6.07) is 0. The Labute approximate surface area is 87.6 Å². The van der Waals surface area contributed by atoms with Crippen molar-refractivity contribution in [1.82, 2.24) is 0 Å². The van der Waals surface area contributed by atoms with Crippen molar-refractivity contribution in [2.45, 2.75) is 0 Å². The van der Waals surface area contributed by atoms with Gasteiger partial charge in [0.25, 0.3) is 0 Å². The average molecular weight is 158 g/mol. The molecule has 0 saturated heterocycles. The van der Waals surface area contributed by atoms with Gasteiger partial charge in [-0.25, -0.2) is 0 Å². The quantitative estimate of drug-likeness (QED) is 0.320. The Bertz CT molecular complexity index is 17.7. The second kappa shape index (κ2) is 31.7. The molecule has 0 aliphatic rings. The molecule has 0 heterocycles. The second-order valence-corrected chi connectivity index (χ2v) is 0. The van der Waals surface area contributed by atoms with E-state index in [2.05, 4.69) is 0 Å². The van der Waals surface area contributed by atoms with E-state index in [1.165, 1.54) is 0 Å². The van der Waals surface area contributed by atoms with Crippen molar-refractivity contribution in [3.63, 3.8) is 0 Å². The van der Waals surface area contributed by atoms with E-state index in [0.717, 1.165) is 17.4 Å².